The van der Waals surface area contributed by atoms with Crippen molar-refractivity contribution in [1.82, 2.24) is 0 Å². The summed E-state index contributed by atoms with van der Waals surface area (Å²) < 4.78 is 18.8. The Balaban J connectivity index is 1.82. The van der Waals surface area contributed by atoms with E-state index in [1.165, 1.54) is 31.7 Å². The molecule has 0 radical (unpaired) electrons. The van der Waals surface area contributed by atoms with Crippen molar-refractivity contribution < 1.29 is 9.13 Å². The topological polar surface area (TPSA) is 35.2 Å². The molecule has 3 heteroatoms. The summed E-state index contributed by atoms with van der Waals surface area (Å²) in [4.78, 5) is 0. The van der Waals surface area contributed by atoms with E-state index in [1.807, 2.05) is 13.0 Å². The van der Waals surface area contributed by atoms with Gasteiger partial charge in [-0.25, -0.2) is 4.39 Å². The molecule has 2 nitrogen and oxygen atoms in total. The summed E-state index contributed by atoms with van der Waals surface area (Å²) in [6.07, 6.45) is 5.06. The van der Waals surface area contributed by atoms with Crippen LogP contribution in [0.3, 0.4) is 0 Å². The Morgan fingerprint density at radius 2 is 2.00 bits per heavy atom. The lowest BCUT2D eigenvalue weighted by Gasteiger charge is -2.30. The molecule has 2 rings (SSSR count). The minimum atomic E-state index is -0.184. The van der Waals surface area contributed by atoms with Gasteiger partial charge in [0.25, 0.3) is 0 Å². The summed E-state index contributed by atoms with van der Waals surface area (Å²) >= 11 is 0. The van der Waals surface area contributed by atoms with Gasteiger partial charge in [-0.15, -0.1) is 0 Å². The molecular formula is C16H24FNO. The Morgan fingerprint density at radius 3 is 2.68 bits per heavy atom. The normalized spacial score (nSPS) is 23.5. The van der Waals surface area contributed by atoms with Crippen LogP contribution in [0.4, 0.5) is 4.39 Å². The number of rotatable bonds is 5. The Kier molecular flexibility index (Phi) is 5.34. The van der Waals surface area contributed by atoms with Crippen LogP contribution in [0.2, 0.25) is 0 Å². The molecule has 19 heavy (non-hydrogen) atoms. The average Bonchev–Trinajstić information content (AvgIpc) is 2.42. The fourth-order valence-electron chi connectivity index (χ4n) is 2.96. The van der Waals surface area contributed by atoms with Gasteiger partial charge in [-0.3, -0.25) is 0 Å². The Bertz CT molecular complexity index is 408. The molecule has 0 amide bonds. The van der Waals surface area contributed by atoms with E-state index < -0.39 is 0 Å². The third kappa shape index (κ3) is 4.02. The van der Waals surface area contributed by atoms with Gasteiger partial charge in [-0.05, 0) is 61.4 Å². The second kappa shape index (κ2) is 7.01. The lowest BCUT2D eigenvalue weighted by molar-refractivity contribution is 0.0510. The van der Waals surface area contributed by atoms with Gasteiger partial charge < -0.3 is 10.5 Å². The third-order valence-corrected chi connectivity index (χ3v) is 4.26. The highest BCUT2D eigenvalue weighted by Gasteiger charge is 2.23. The van der Waals surface area contributed by atoms with E-state index in [9.17, 15) is 4.39 Å². The second-order valence-electron chi connectivity index (χ2n) is 5.63. The summed E-state index contributed by atoms with van der Waals surface area (Å²) in [5.41, 5.74) is 7.85. The Morgan fingerprint density at radius 1 is 1.26 bits per heavy atom. The second-order valence-corrected chi connectivity index (χ2v) is 5.63. The molecule has 1 aliphatic carbocycles. The summed E-state index contributed by atoms with van der Waals surface area (Å²) in [6.45, 7) is 4.03. The number of ether oxygens (including phenoxy) is 1. The quantitative estimate of drug-likeness (QED) is 0.885. The van der Waals surface area contributed by atoms with Crippen molar-refractivity contribution in [2.24, 2.45) is 17.6 Å². The van der Waals surface area contributed by atoms with E-state index in [2.05, 4.69) is 0 Å². The number of hydrogen-bond donors (Lipinski definition) is 1. The molecule has 0 spiro atoms. The van der Waals surface area contributed by atoms with Crippen molar-refractivity contribution in [3.8, 4) is 0 Å². The zero-order chi connectivity index (χ0) is 13.7. The zero-order valence-corrected chi connectivity index (χ0v) is 11.7. The van der Waals surface area contributed by atoms with E-state index in [1.54, 1.807) is 6.07 Å². The number of benzene rings is 1. The molecule has 0 bridgehead atoms. The minimum absolute atomic E-state index is 0.184. The van der Waals surface area contributed by atoms with Crippen LogP contribution in [0.5, 0.6) is 0 Å². The Labute approximate surface area is 115 Å². The molecule has 1 aliphatic rings. The van der Waals surface area contributed by atoms with Gasteiger partial charge in [0.2, 0.25) is 0 Å². The van der Waals surface area contributed by atoms with E-state index >= 15 is 0 Å². The van der Waals surface area contributed by atoms with E-state index in [0.29, 0.717) is 18.4 Å². The predicted molar refractivity (Wildman–Crippen MR) is 75.3 cm³/mol. The minimum Gasteiger partial charge on any atom is -0.376 e. The van der Waals surface area contributed by atoms with Gasteiger partial charge in [0.15, 0.2) is 0 Å². The molecule has 0 aromatic heterocycles. The SMILES string of the molecule is Cc1cc(F)ccc1COCC1CCCCC1CN. The van der Waals surface area contributed by atoms with Crippen molar-refractivity contribution in [1.29, 1.82) is 0 Å². The number of nitrogens with two attached hydrogens (primary N) is 1. The van der Waals surface area contributed by atoms with Crippen molar-refractivity contribution in [2.75, 3.05) is 13.2 Å². The number of aryl methyl sites for hydroxylation is 1. The van der Waals surface area contributed by atoms with Gasteiger partial charge in [0, 0.05) is 0 Å². The molecular weight excluding hydrogens is 241 g/mol. The molecule has 1 aromatic rings. The molecule has 1 aromatic carbocycles. The number of halogens is 1. The summed E-state index contributed by atoms with van der Waals surface area (Å²) in [7, 11) is 0. The maximum atomic E-state index is 13.0. The maximum absolute atomic E-state index is 13.0. The van der Waals surface area contributed by atoms with E-state index in [-0.39, 0.29) is 5.82 Å². The van der Waals surface area contributed by atoms with Gasteiger partial charge >= 0.3 is 0 Å². The van der Waals surface area contributed by atoms with Crippen molar-refractivity contribution in [3.63, 3.8) is 0 Å². The standard InChI is InChI=1S/C16H24FNO/c1-12-8-16(17)7-6-14(12)10-19-11-15-5-3-2-4-13(15)9-18/h6-8,13,15H,2-5,9-11,18H2,1H3. The molecule has 2 unspecified atom stereocenters. The van der Waals surface area contributed by atoms with Gasteiger partial charge in [0.05, 0.1) is 13.2 Å². The molecule has 0 saturated heterocycles. The monoisotopic (exact) mass is 265 g/mol. The first-order valence-corrected chi connectivity index (χ1v) is 7.23. The smallest absolute Gasteiger partial charge is 0.123 e. The van der Waals surface area contributed by atoms with Crippen LogP contribution >= 0.6 is 0 Å². The molecule has 1 fully saturated rings. The lowest BCUT2D eigenvalue weighted by Crippen LogP contribution is -2.29. The van der Waals surface area contributed by atoms with Gasteiger partial charge in [-0.2, -0.15) is 0 Å². The van der Waals surface area contributed by atoms with Gasteiger partial charge in [-0.1, -0.05) is 18.9 Å². The van der Waals surface area contributed by atoms with Crippen LogP contribution in [-0.2, 0) is 11.3 Å². The van der Waals surface area contributed by atoms with Crippen molar-refractivity contribution in [3.05, 3.63) is 35.1 Å². The molecule has 0 heterocycles. The average molecular weight is 265 g/mol. The molecule has 2 N–H and O–H groups in total. The van der Waals surface area contributed by atoms with E-state index in [4.69, 9.17) is 10.5 Å². The van der Waals surface area contributed by atoms with Crippen molar-refractivity contribution in [2.45, 2.75) is 39.2 Å². The van der Waals surface area contributed by atoms with E-state index in [0.717, 1.165) is 24.3 Å². The van der Waals surface area contributed by atoms with Crippen LogP contribution in [-0.4, -0.2) is 13.2 Å². The summed E-state index contributed by atoms with van der Waals surface area (Å²) in [5.74, 6) is 1.03. The maximum Gasteiger partial charge on any atom is 0.123 e. The fraction of sp³-hybridized carbons (Fsp3) is 0.625. The summed E-state index contributed by atoms with van der Waals surface area (Å²) in [5, 5.41) is 0. The predicted octanol–water partition coefficient (Wildman–Crippen LogP) is 3.42. The fourth-order valence-corrected chi connectivity index (χ4v) is 2.96. The molecule has 0 aliphatic heterocycles. The number of hydrogen-bond acceptors (Lipinski definition) is 2. The molecule has 106 valence electrons. The first-order valence-electron chi connectivity index (χ1n) is 7.23. The largest absolute Gasteiger partial charge is 0.376 e. The first-order chi connectivity index (χ1) is 9.20. The lowest BCUT2D eigenvalue weighted by atomic mass is 9.80. The molecule has 2 atom stereocenters. The Hall–Kier alpha value is -0.930. The van der Waals surface area contributed by atoms with Crippen LogP contribution < -0.4 is 5.73 Å². The highest BCUT2D eigenvalue weighted by Crippen LogP contribution is 2.29. The van der Waals surface area contributed by atoms with Crippen LogP contribution in [0.15, 0.2) is 18.2 Å². The van der Waals surface area contributed by atoms with Crippen molar-refractivity contribution >= 4 is 0 Å². The zero-order valence-electron chi connectivity index (χ0n) is 11.7. The molecule has 1 saturated carbocycles. The van der Waals surface area contributed by atoms with Gasteiger partial charge in [0.1, 0.15) is 5.82 Å². The summed E-state index contributed by atoms with van der Waals surface area (Å²) in [6, 6.07) is 4.86. The highest BCUT2D eigenvalue weighted by molar-refractivity contribution is 5.25. The van der Waals surface area contributed by atoms with Crippen LogP contribution in [0.1, 0.15) is 36.8 Å². The third-order valence-electron chi connectivity index (χ3n) is 4.26. The van der Waals surface area contributed by atoms with Crippen LogP contribution in [0.25, 0.3) is 0 Å². The first kappa shape index (κ1) is 14.5. The van der Waals surface area contributed by atoms with Crippen LogP contribution in [0, 0.1) is 24.6 Å². The highest BCUT2D eigenvalue weighted by atomic mass is 19.1.